The van der Waals surface area contributed by atoms with Crippen LogP contribution in [-0.2, 0) is 17.9 Å². The van der Waals surface area contributed by atoms with E-state index in [2.05, 4.69) is 15.5 Å². The van der Waals surface area contributed by atoms with Gasteiger partial charge < -0.3 is 10.4 Å². The van der Waals surface area contributed by atoms with Crippen LogP contribution >= 0.6 is 34.8 Å². The first-order chi connectivity index (χ1) is 12.8. The van der Waals surface area contributed by atoms with Gasteiger partial charge in [0.1, 0.15) is 11.6 Å². The van der Waals surface area contributed by atoms with Crippen LogP contribution in [0.15, 0.2) is 36.7 Å². The first-order valence-electron chi connectivity index (χ1n) is 7.55. The van der Waals surface area contributed by atoms with Crippen molar-refractivity contribution in [1.82, 2.24) is 19.6 Å². The third-order valence-electron chi connectivity index (χ3n) is 3.47. The second-order valence-electron chi connectivity index (χ2n) is 5.51. The molecule has 0 aliphatic heterocycles. The monoisotopic (exact) mass is 427 g/mol. The van der Waals surface area contributed by atoms with Gasteiger partial charge >= 0.3 is 5.97 Å². The van der Waals surface area contributed by atoms with E-state index in [1.54, 1.807) is 24.4 Å². The highest BCUT2D eigenvalue weighted by molar-refractivity contribution is 6.35. The van der Waals surface area contributed by atoms with Crippen molar-refractivity contribution in [1.29, 1.82) is 0 Å². The van der Waals surface area contributed by atoms with Crippen LogP contribution in [0.4, 0.5) is 5.82 Å². The number of rotatable bonds is 6. The Kier molecular flexibility index (Phi) is 5.69. The summed E-state index contributed by atoms with van der Waals surface area (Å²) in [5, 5.41) is 20.6. The van der Waals surface area contributed by atoms with E-state index in [0.29, 0.717) is 16.6 Å². The van der Waals surface area contributed by atoms with Gasteiger partial charge in [-0.3, -0.25) is 19.0 Å². The van der Waals surface area contributed by atoms with Crippen molar-refractivity contribution in [2.45, 2.75) is 13.1 Å². The van der Waals surface area contributed by atoms with Crippen molar-refractivity contribution in [3.63, 3.8) is 0 Å². The van der Waals surface area contributed by atoms with Crippen molar-refractivity contribution < 1.29 is 14.7 Å². The van der Waals surface area contributed by atoms with Crippen LogP contribution in [0.25, 0.3) is 0 Å². The molecule has 0 unspecified atom stereocenters. The van der Waals surface area contributed by atoms with E-state index in [4.69, 9.17) is 39.9 Å². The predicted octanol–water partition coefficient (Wildman–Crippen LogP) is 3.43. The lowest BCUT2D eigenvalue weighted by Gasteiger charge is -2.05. The number of halogens is 3. The molecular weight excluding hydrogens is 417 g/mol. The normalized spacial score (nSPS) is 10.8. The molecule has 1 amide bonds. The number of hydrogen-bond acceptors (Lipinski definition) is 4. The Morgan fingerprint density at radius 1 is 1.07 bits per heavy atom. The number of anilines is 1. The summed E-state index contributed by atoms with van der Waals surface area (Å²) >= 11 is 18.2. The number of aromatic nitrogens is 4. The summed E-state index contributed by atoms with van der Waals surface area (Å²) in [6.07, 6.45) is 2.94. The number of nitrogens with zero attached hydrogens (tertiary/aromatic N) is 4. The predicted molar refractivity (Wildman–Crippen MR) is 101 cm³/mol. The van der Waals surface area contributed by atoms with Crippen LogP contribution in [0.1, 0.15) is 16.1 Å². The van der Waals surface area contributed by atoms with Crippen molar-refractivity contribution in [2.24, 2.45) is 0 Å². The molecule has 0 aliphatic rings. The number of carbonyl (C=O) groups excluding carboxylic acids is 1. The molecule has 3 rings (SSSR count). The lowest BCUT2D eigenvalue weighted by molar-refractivity contribution is -0.137. The van der Waals surface area contributed by atoms with Gasteiger partial charge in [-0.2, -0.15) is 10.2 Å². The molecule has 8 nitrogen and oxygen atoms in total. The molecule has 0 fully saturated rings. The maximum absolute atomic E-state index is 12.2. The maximum atomic E-state index is 12.2. The van der Waals surface area contributed by atoms with Gasteiger partial charge in [-0.25, -0.2) is 0 Å². The standard InChI is InChI=1S/C16H12Cl3N5O3/c17-10-2-1-9(11(18)5-10)6-24-7-12(19)15(22-24)20-16(27)13-3-4-23(21-13)8-14(25)26/h1-5,7H,6,8H2,(H,25,26)(H,20,22,27). The smallest absolute Gasteiger partial charge is 0.325 e. The Labute approximate surface area is 168 Å². The summed E-state index contributed by atoms with van der Waals surface area (Å²) in [4.78, 5) is 22.9. The Morgan fingerprint density at radius 3 is 2.56 bits per heavy atom. The van der Waals surface area contributed by atoms with Gasteiger partial charge in [0.2, 0.25) is 0 Å². The molecule has 0 saturated carbocycles. The molecule has 0 aliphatic carbocycles. The number of amides is 1. The SMILES string of the molecule is O=C(O)Cn1ccc(C(=O)Nc2nn(Cc3ccc(Cl)cc3Cl)cc2Cl)n1. The molecular formula is C16H12Cl3N5O3. The first-order valence-corrected chi connectivity index (χ1v) is 8.68. The van der Waals surface area contributed by atoms with Crippen molar-refractivity contribution in [3.8, 4) is 0 Å². The molecule has 2 N–H and O–H groups in total. The number of nitrogens with one attached hydrogen (secondary N) is 1. The van der Waals surface area contributed by atoms with Gasteiger partial charge in [-0.05, 0) is 23.8 Å². The quantitative estimate of drug-likeness (QED) is 0.626. The van der Waals surface area contributed by atoms with Crippen molar-refractivity contribution >= 4 is 52.5 Å². The molecule has 0 saturated heterocycles. The number of carbonyl (C=O) groups is 2. The summed E-state index contributed by atoms with van der Waals surface area (Å²) in [7, 11) is 0. The number of carboxylic acids is 1. The zero-order valence-corrected chi connectivity index (χ0v) is 15.8. The van der Waals surface area contributed by atoms with E-state index < -0.39 is 11.9 Å². The van der Waals surface area contributed by atoms with Gasteiger partial charge in [-0.15, -0.1) is 0 Å². The maximum Gasteiger partial charge on any atom is 0.325 e. The molecule has 0 atom stereocenters. The van der Waals surface area contributed by atoms with E-state index >= 15 is 0 Å². The fourth-order valence-electron chi connectivity index (χ4n) is 2.27. The second-order valence-corrected chi connectivity index (χ2v) is 6.76. The van der Waals surface area contributed by atoms with Gasteiger partial charge in [-0.1, -0.05) is 40.9 Å². The molecule has 2 aromatic heterocycles. The Morgan fingerprint density at radius 2 is 1.85 bits per heavy atom. The minimum Gasteiger partial charge on any atom is -0.480 e. The highest BCUT2D eigenvalue weighted by Gasteiger charge is 2.15. The Balaban J connectivity index is 1.71. The number of hydrogen-bond donors (Lipinski definition) is 2. The minimum atomic E-state index is -1.06. The summed E-state index contributed by atoms with van der Waals surface area (Å²) in [6, 6.07) is 6.51. The second kappa shape index (κ2) is 7.99. The van der Waals surface area contributed by atoms with Crippen LogP contribution in [0.3, 0.4) is 0 Å². The van der Waals surface area contributed by atoms with Crippen molar-refractivity contribution in [2.75, 3.05) is 5.32 Å². The summed E-state index contributed by atoms with van der Waals surface area (Å²) in [5.41, 5.74) is 0.827. The lowest BCUT2D eigenvalue weighted by atomic mass is 10.2. The molecule has 0 spiro atoms. The molecule has 2 heterocycles. The van der Waals surface area contributed by atoms with E-state index in [0.717, 1.165) is 10.2 Å². The molecule has 27 heavy (non-hydrogen) atoms. The summed E-state index contributed by atoms with van der Waals surface area (Å²) in [6.45, 7) is -0.0106. The first kappa shape index (κ1) is 19.2. The van der Waals surface area contributed by atoms with E-state index in [9.17, 15) is 9.59 Å². The molecule has 11 heteroatoms. The third kappa shape index (κ3) is 4.79. The van der Waals surface area contributed by atoms with E-state index in [1.165, 1.54) is 16.9 Å². The van der Waals surface area contributed by atoms with Crippen LogP contribution in [0, 0.1) is 0 Å². The topological polar surface area (TPSA) is 102 Å². The molecule has 1 aromatic carbocycles. The van der Waals surface area contributed by atoms with Crippen LogP contribution in [0.5, 0.6) is 0 Å². The highest BCUT2D eigenvalue weighted by atomic mass is 35.5. The number of aliphatic carboxylic acids is 1. The number of carboxylic acid groups (broad SMARTS) is 1. The summed E-state index contributed by atoms with van der Waals surface area (Å²) < 4.78 is 2.66. The van der Waals surface area contributed by atoms with Gasteiger partial charge in [0.25, 0.3) is 5.91 Å². The third-order valence-corrected chi connectivity index (χ3v) is 4.33. The van der Waals surface area contributed by atoms with Crippen LogP contribution in [0.2, 0.25) is 15.1 Å². The zero-order valence-electron chi connectivity index (χ0n) is 13.6. The molecule has 3 aromatic rings. The lowest BCUT2D eigenvalue weighted by Crippen LogP contribution is -2.15. The molecule has 0 radical (unpaired) electrons. The Bertz CT molecular complexity index is 1010. The number of benzene rings is 1. The fraction of sp³-hybridized carbons (Fsp3) is 0.125. The largest absolute Gasteiger partial charge is 0.480 e. The fourth-order valence-corrected chi connectivity index (χ4v) is 2.93. The van der Waals surface area contributed by atoms with Crippen LogP contribution in [-0.4, -0.2) is 36.5 Å². The van der Waals surface area contributed by atoms with E-state index in [-0.39, 0.29) is 23.1 Å². The molecule has 140 valence electrons. The average Bonchev–Trinajstić information content (AvgIpc) is 3.17. The average molecular weight is 429 g/mol. The Hall–Kier alpha value is -2.55. The summed E-state index contributed by atoms with van der Waals surface area (Å²) in [5.74, 6) is -1.47. The van der Waals surface area contributed by atoms with Crippen LogP contribution < -0.4 is 5.32 Å². The minimum absolute atomic E-state index is 0.0441. The highest BCUT2D eigenvalue weighted by Crippen LogP contribution is 2.24. The van der Waals surface area contributed by atoms with E-state index in [1.807, 2.05) is 0 Å². The van der Waals surface area contributed by atoms with Gasteiger partial charge in [0.05, 0.1) is 6.54 Å². The van der Waals surface area contributed by atoms with Gasteiger partial charge in [0, 0.05) is 22.4 Å². The van der Waals surface area contributed by atoms with Crippen molar-refractivity contribution in [3.05, 3.63) is 63.0 Å². The van der Waals surface area contributed by atoms with Gasteiger partial charge in [0.15, 0.2) is 11.5 Å². The molecule has 0 bridgehead atoms. The zero-order chi connectivity index (χ0) is 19.6.